The lowest BCUT2D eigenvalue weighted by molar-refractivity contribution is -0.245. The first-order chi connectivity index (χ1) is 24.5. The number of aliphatic hydroxyl groups excluding tert-OH is 1. The van der Waals surface area contributed by atoms with Crippen molar-refractivity contribution in [1.82, 2.24) is 30.8 Å². The van der Waals surface area contributed by atoms with E-state index in [1.807, 2.05) is 97.1 Å². The molecule has 1 aromatic heterocycles. The Kier molecular flexibility index (Phi) is 11.8. The molecule has 0 unspecified atom stereocenters. The average molecular weight is 695 g/mol. The average Bonchev–Trinajstić information content (AvgIpc) is 3.65. The fourth-order valence-electron chi connectivity index (χ4n) is 5.53. The van der Waals surface area contributed by atoms with Crippen LogP contribution in [0.15, 0.2) is 108 Å². The van der Waals surface area contributed by atoms with E-state index >= 15 is 0 Å². The van der Waals surface area contributed by atoms with Gasteiger partial charge in [-0.2, -0.15) is 4.68 Å². The zero-order valence-electron chi connectivity index (χ0n) is 27.5. The Balaban J connectivity index is 1.17. The van der Waals surface area contributed by atoms with Gasteiger partial charge in [0.2, 0.25) is 5.16 Å². The van der Waals surface area contributed by atoms with E-state index in [0.717, 1.165) is 39.1 Å². The number of hydrogen-bond acceptors (Lipinski definition) is 10. The Labute approximate surface area is 294 Å². The molecule has 12 nitrogen and oxygen atoms in total. The minimum absolute atomic E-state index is 0.0281. The lowest BCUT2D eigenvalue weighted by atomic mass is 9.99. The Bertz CT molecular complexity index is 1870. The van der Waals surface area contributed by atoms with Crippen molar-refractivity contribution >= 4 is 23.8 Å². The summed E-state index contributed by atoms with van der Waals surface area (Å²) in [5, 5.41) is 27.9. The maximum Gasteiger partial charge on any atom is 0.325 e. The molecule has 2 heterocycles. The third-order valence-electron chi connectivity index (χ3n) is 8.03. The Morgan fingerprint density at radius 3 is 2.46 bits per heavy atom. The van der Waals surface area contributed by atoms with Crippen LogP contribution in [0.25, 0.3) is 16.8 Å². The minimum Gasteiger partial charge on any atom is -0.465 e. The van der Waals surface area contributed by atoms with Crippen molar-refractivity contribution in [1.29, 1.82) is 0 Å². The summed E-state index contributed by atoms with van der Waals surface area (Å²) in [7, 11) is 0. The number of rotatable bonds is 13. The molecule has 0 saturated carbocycles. The van der Waals surface area contributed by atoms with Crippen LogP contribution < -0.4 is 10.6 Å². The summed E-state index contributed by atoms with van der Waals surface area (Å²) >= 11 is 1.53. The number of carbonyl (C=O) groups is 2. The SMILES string of the molecule is CCOC(=O)CNC(=O)NCc1cccc(-c2cccc([C@@H]3O[C@H](CSc4nnnn4-c4ccccc4)C[C@H](c4ccc(CO)cc4)O3)c2)c1. The van der Waals surface area contributed by atoms with Crippen LogP contribution in [0.2, 0.25) is 0 Å². The van der Waals surface area contributed by atoms with Gasteiger partial charge in [-0.05, 0) is 69.4 Å². The highest BCUT2D eigenvalue weighted by atomic mass is 32.2. The maximum absolute atomic E-state index is 12.2. The smallest absolute Gasteiger partial charge is 0.325 e. The summed E-state index contributed by atoms with van der Waals surface area (Å²) in [5.41, 5.74) is 6.40. The molecular formula is C37H38N6O6S. The lowest BCUT2D eigenvalue weighted by Gasteiger charge is -2.36. The Morgan fingerprint density at radius 1 is 0.900 bits per heavy atom. The van der Waals surface area contributed by atoms with E-state index in [1.54, 1.807) is 11.6 Å². The van der Waals surface area contributed by atoms with Gasteiger partial charge in [-0.1, -0.05) is 90.6 Å². The van der Waals surface area contributed by atoms with Crippen molar-refractivity contribution in [3.8, 4) is 16.8 Å². The van der Waals surface area contributed by atoms with E-state index in [0.29, 0.717) is 17.3 Å². The molecule has 5 aromatic rings. The highest BCUT2D eigenvalue weighted by Gasteiger charge is 2.33. The molecule has 3 N–H and O–H groups in total. The van der Waals surface area contributed by atoms with Crippen molar-refractivity contribution in [2.75, 3.05) is 18.9 Å². The van der Waals surface area contributed by atoms with Crippen LogP contribution in [-0.2, 0) is 32.2 Å². The first-order valence-electron chi connectivity index (χ1n) is 16.3. The number of ether oxygens (including phenoxy) is 3. The van der Waals surface area contributed by atoms with Crippen LogP contribution in [0, 0.1) is 0 Å². The Morgan fingerprint density at radius 2 is 1.68 bits per heavy atom. The molecule has 1 saturated heterocycles. The van der Waals surface area contributed by atoms with Crippen molar-refractivity contribution in [3.63, 3.8) is 0 Å². The zero-order chi connectivity index (χ0) is 34.7. The van der Waals surface area contributed by atoms with E-state index in [1.165, 1.54) is 11.8 Å². The maximum atomic E-state index is 12.2. The molecule has 1 aliphatic heterocycles. The van der Waals surface area contributed by atoms with Crippen LogP contribution in [0.1, 0.15) is 48.0 Å². The molecule has 0 bridgehead atoms. The summed E-state index contributed by atoms with van der Waals surface area (Å²) in [5.74, 6) is 0.108. The zero-order valence-corrected chi connectivity index (χ0v) is 28.3. The first-order valence-corrected chi connectivity index (χ1v) is 17.3. The minimum atomic E-state index is -0.644. The van der Waals surface area contributed by atoms with Gasteiger partial charge in [0.1, 0.15) is 6.54 Å². The molecule has 258 valence electrons. The number of esters is 1. The molecule has 2 amide bonds. The molecule has 13 heteroatoms. The number of carbonyl (C=O) groups excluding carboxylic acids is 2. The predicted octanol–water partition coefficient (Wildman–Crippen LogP) is 5.52. The monoisotopic (exact) mass is 694 g/mol. The van der Waals surface area contributed by atoms with Gasteiger partial charge >= 0.3 is 12.0 Å². The van der Waals surface area contributed by atoms with Crippen molar-refractivity contribution in [2.24, 2.45) is 0 Å². The molecule has 0 spiro atoms. The van der Waals surface area contributed by atoms with E-state index in [-0.39, 0.29) is 38.5 Å². The van der Waals surface area contributed by atoms with Crippen molar-refractivity contribution in [3.05, 3.63) is 125 Å². The van der Waals surface area contributed by atoms with Gasteiger partial charge < -0.3 is 30.0 Å². The van der Waals surface area contributed by atoms with Gasteiger partial charge in [-0.25, -0.2) is 4.79 Å². The summed E-state index contributed by atoms with van der Waals surface area (Å²) in [4.78, 5) is 23.7. The molecule has 0 aliphatic carbocycles. The Hall–Kier alpha value is -5.08. The summed E-state index contributed by atoms with van der Waals surface area (Å²) in [6.07, 6.45) is -0.452. The van der Waals surface area contributed by atoms with Gasteiger partial charge in [0, 0.05) is 24.3 Å². The van der Waals surface area contributed by atoms with Crippen LogP contribution in [0.4, 0.5) is 4.79 Å². The number of para-hydroxylation sites is 1. The van der Waals surface area contributed by atoms with E-state index in [4.69, 9.17) is 14.2 Å². The molecule has 4 aromatic carbocycles. The van der Waals surface area contributed by atoms with Crippen LogP contribution in [0.3, 0.4) is 0 Å². The van der Waals surface area contributed by atoms with Crippen LogP contribution in [-0.4, -0.2) is 62.3 Å². The van der Waals surface area contributed by atoms with Gasteiger partial charge in [-0.15, -0.1) is 5.10 Å². The number of thioether (sulfide) groups is 1. The highest BCUT2D eigenvalue weighted by Crippen LogP contribution is 2.40. The number of aliphatic hydroxyl groups is 1. The third-order valence-corrected chi connectivity index (χ3v) is 9.08. The largest absolute Gasteiger partial charge is 0.465 e. The molecule has 6 rings (SSSR count). The van der Waals surface area contributed by atoms with E-state index in [2.05, 4.69) is 32.2 Å². The van der Waals surface area contributed by atoms with Gasteiger partial charge in [0.05, 0.1) is 31.1 Å². The molecular weight excluding hydrogens is 657 g/mol. The normalized spacial score (nSPS) is 17.2. The number of hydrogen-bond donors (Lipinski definition) is 3. The molecule has 1 fully saturated rings. The predicted molar refractivity (Wildman–Crippen MR) is 187 cm³/mol. The second-order valence-electron chi connectivity index (χ2n) is 11.5. The van der Waals surface area contributed by atoms with Gasteiger partial charge in [0.15, 0.2) is 6.29 Å². The number of nitrogens with one attached hydrogen (secondary N) is 2. The summed E-state index contributed by atoms with van der Waals surface area (Å²) in [6, 6.07) is 33.0. The highest BCUT2D eigenvalue weighted by molar-refractivity contribution is 7.99. The molecule has 1 aliphatic rings. The summed E-state index contributed by atoms with van der Waals surface area (Å²) < 4.78 is 19.8. The third kappa shape index (κ3) is 9.12. The number of amides is 2. The first kappa shape index (κ1) is 34.8. The van der Waals surface area contributed by atoms with E-state index in [9.17, 15) is 14.7 Å². The van der Waals surface area contributed by atoms with Crippen molar-refractivity contribution in [2.45, 2.75) is 50.2 Å². The fourth-order valence-corrected chi connectivity index (χ4v) is 6.43. The number of tetrazole rings is 1. The van der Waals surface area contributed by atoms with Gasteiger partial charge in [0.25, 0.3) is 0 Å². The van der Waals surface area contributed by atoms with E-state index < -0.39 is 18.3 Å². The molecule has 3 atom stereocenters. The quantitative estimate of drug-likeness (QED) is 0.106. The number of nitrogens with zero attached hydrogens (tertiary/aromatic N) is 4. The fraction of sp³-hybridized carbons (Fsp3) is 0.270. The molecule has 50 heavy (non-hydrogen) atoms. The lowest BCUT2D eigenvalue weighted by Crippen LogP contribution is -2.38. The second-order valence-corrected chi connectivity index (χ2v) is 12.5. The number of aromatic nitrogens is 4. The topological polar surface area (TPSA) is 150 Å². The summed E-state index contributed by atoms with van der Waals surface area (Å²) in [6.45, 7) is 2.02. The van der Waals surface area contributed by atoms with Crippen molar-refractivity contribution < 1.29 is 28.9 Å². The van der Waals surface area contributed by atoms with Crippen LogP contribution in [0.5, 0.6) is 0 Å². The number of urea groups is 1. The standard InChI is InChI=1S/C37H38N6O6S/c1-2-47-34(45)22-39-36(46)38-21-26-8-6-9-28(18-26)29-10-7-11-30(19-29)35-48-32(20-33(49-35)27-16-14-25(23-44)15-17-27)24-50-37-40-41-42-43(37)31-12-4-3-5-13-31/h3-19,32-33,35,44H,2,20-24H2,1H3,(H2,38,39,46)/t32-,33+,35+/m0/s1. The molecule has 0 radical (unpaired) electrons. The number of benzene rings is 4. The van der Waals surface area contributed by atoms with Crippen LogP contribution >= 0.6 is 11.8 Å². The second kappa shape index (κ2) is 17.0. The van der Waals surface area contributed by atoms with Gasteiger partial charge in [-0.3, -0.25) is 4.79 Å².